The first-order chi connectivity index (χ1) is 12.0. The summed E-state index contributed by atoms with van der Waals surface area (Å²) in [6.07, 6.45) is 0. The molecule has 2 amide bonds. The molecule has 1 aliphatic heterocycles. The van der Waals surface area contributed by atoms with E-state index in [9.17, 15) is 4.79 Å². The summed E-state index contributed by atoms with van der Waals surface area (Å²) in [6, 6.07) is 7.03. The number of amides is 2. The number of piperazine rings is 1. The Labute approximate surface area is 152 Å². The molecule has 0 radical (unpaired) electrons. The first kappa shape index (κ1) is 17.7. The van der Waals surface area contributed by atoms with Gasteiger partial charge < -0.3 is 14.6 Å². The molecule has 1 saturated heterocycles. The Morgan fingerprint density at radius 1 is 1.28 bits per heavy atom. The van der Waals surface area contributed by atoms with E-state index in [1.807, 2.05) is 26.0 Å². The number of anilines is 1. The fourth-order valence-corrected chi connectivity index (χ4v) is 2.82. The van der Waals surface area contributed by atoms with Gasteiger partial charge in [-0.25, -0.2) is 4.79 Å². The molecule has 2 heterocycles. The van der Waals surface area contributed by atoms with Crippen molar-refractivity contribution in [3.8, 4) is 0 Å². The minimum atomic E-state index is -0.109. The lowest BCUT2D eigenvalue weighted by atomic mass is 10.2. The maximum Gasteiger partial charge on any atom is 0.321 e. The van der Waals surface area contributed by atoms with E-state index in [0.29, 0.717) is 42.1 Å². The van der Waals surface area contributed by atoms with Crippen molar-refractivity contribution < 1.29 is 9.21 Å². The summed E-state index contributed by atoms with van der Waals surface area (Å²) in [7, 11) is 0. The molecule has 7 nitrogen and oxygen atoms in total. The second-order valence-corrected chi connectivity index (χ2v) is 6.83. The lowest BCUT2D eigenvalue weighted by Gasteiger charge is -2.33. The molecule has 25 heavy (non-hydrogen) atoms. The molecular formula is C17H22ClN5O2. The van der Waals surface area contributed by atoms with Crippen LogP contribution in [-0.2, 0) is 6.54 Å². The second kappa shape index (κ2) is 7.84. The number of carbonyl (C=O) groups is 1. The summed E-state index contributed by atoms with van der Waals surface area (Å²) in [5.74, 6) is 1.52. The zero-order chi connectivity index (χ0) is 17.8. The number of nitrogens with zero attached hydrogens (tertiary/aromatic N) is 4. The standard InChI is InChI=1S/C17H22ClN5O2/c1-12(2)16-21-20-15(25-16)11-22-6-8-23(9-7-22)17(24)19-14-5-3-4-13(18)10-14/h3-5,10,12H,6-9,11H2,1-2H3,(H,19,24). The maximum atomic E-state index is 12.3. The molecule has 0 atom stereocenters. The monoisotopic (exact) mass is 363 g/mol. The summed E-state index contributed by atoms with van der Waals surface area (Å²) in [6.45, 7) is 7.49. The van der Waals surface area contributed by atoms with Gasteiger partial charge in [0.2, 0.25) is 11.8 Å². The van der Waals surface area contributed by atoms with E-state index < -0.39 is 0 Å². The molecule has 0 unspecified atom stereocenters. The van der Waals surface area contributed by atoms with E-state index in [0.717, 1.165) is 13.1 Å². The Kier molecular flexibility index (Phi) is 5.55. The van der Waals surface area contributed by atoms with E-state index in [2.05, 4.69) is 20.4 Å². The van der Waals surface area contributed by atoms with Crippen molar-refractivity contribution >= 4 is 23.3 Å². The van der Waals surface area contributed by atoms with Crippen molar-refractivity contribution in [3.63, 3.8) is 0 Å². The van der Waals surface area contributed by atoms with Crippen LogP contribution in [0.15, 0.2) is 28.7 Å². The van der Waals surface area contributed by atoms with Gasteiger partial charge in [-0.1, -0.05) is 31.5 Å². The zero-order valence-electron chi connectivity index (χ0n) is 14.4. The number of carbonyl (C=O) groups excluding carboxylic acids is 1. The van der Waals surface area contributed by atoms with E-state index >= 15 is 0 Å². The van der Waals surface area contributed by atoms with E-state index in [-0.39, 0.29) is 11.9 Å². The summed E-state index contributed by atoms with van der Waals surface area (Å²) in [4.78, 5) is 16.3. The number of nitrogens with one attached hydrogen (secondary N) is 1. The highest BCUT2D eigenvalue weighted by molar-refractivity contribution is 6.30. The third-order valence-electron chi connectivity index (χ3n) is 4.07. The van der Waals surface area contributed by atoms with Crippen LogP contribution in [0.25, 0.3) is 0 Å². The second-order valence-electron chi connectivity index (χ2n) is 6.39. The molecular weight excluding hydrogens is 342 g/mol. The number of rotatable bonds is 4. The highest BCUT2D eigenvalue weighted by Gasteiger charge is 2.22. The molecule has 8 heteroatoms. The minimum absolute atomic E-state index is 0.109. The van der Waals surface area contributed by atoms with Gasteiger partial charge in [0.05, 0.1) is 6.54 Å². The Morgan fingerprint density at radius 2 is 2.04 bits per heavy atom. The Morgan fingerprint density at radius 3 is 2.68 bits per heavy atom. The molecule has 1 aromatic heterocycles. The average Bonchev–Trinajstić information content (AvgIpc) is 3.04. The topological polar surface area (TPSA) is 74.5 Å². The lowest BCUT2D eigenvalue weighted by molar-refractivity contribution is 0.135. The predicted octanol–water partition coefficient (Wildman–Crippen LogP) is 3.20. The van der Waals surface area contributed by atoms with Gasteiger partial charge >= 0.3 is 6.03 Å². The van der Waals surface area contributed by atoms with Crippen LogP contribution in [-0.4, -0.2) is 52.2 Å². The molecule has 0 saturated carbocycles. The van der Waals surface area contributed by atoms with Gasteiger partial charge in [-0.2, -0.15) is 0 Å². The number of halogens is 1. The van der Waals surface area contributed by atoms with Crippen LogP contribution in [0.5, 0.6) is 0 Å². The Balaban J connectivity index is 1.48. The smallest absolute Gasteiger partial charge is 0.321 e. The van der Waals surface area contributed by atoms with Crippen LogP contribution in [0.2, 0.25) is 5.02 Å². The van der Waals surface area contributed by atoms with Crippen molar-refractivity contribution in [2.75, 3.05) is 31.5 Å². The molecule has 0 spiro atoms. The third kappa shape index (κ3) is 4.70. The van der Waals surface area contributed by atoms with Crippen LogP contribution >= 0.6 is 11.6 Å². The molecule has 1 N–H and O–H groups in total. The SMILES string of the molecule is CC(C)c1nnc(CN2CCN(C(=O)Nc3cccc(Cl)c3)CC2)o1. The molecule has 2 aromatic rings. The molecule has 3 rings (SSSR count). The van der Waals surface area contributed by atoms with Crippen LogP contribution < -0.4 is 5.32 Å². The summed E-state index contributed by atoms with van der Waals surface area (Å²) >= 11 is 5.94. The fourth-order valence-electron chi connectivity index (χ4n) is 2.63. The summed E-state index contributed by atoms with van der Waals surface area (Å²) in [5.41, 5.74) is 0.701. The maximum absolute atomic E-state index is 12.3. The Bertz CT molecular complexity index is 725. The van der Waals surface area contributed by atoms with Gasteiger partial charge in [-0.15, -0.1) is 10.2 Å². The summed E-state index contributed by atoms with van der Waals surface area (Å²) < 4.78 is 5.64. The molecule has 0 bridgehead atoms. The van der Waals surface area contributed by atoms with Crippen molar-refractivity contribution in [1.29, 1.82) is 0 Å². The lowest BCUT2D eigenvalue weighted by Crippen LogP contribution is -2.49. The van der Waals surface area contributed by atoms with Crippen molar-refractivity contribution in [2.24, 2.45) is 0 Å². The van der Waals surface area contributed by atoms with Crippen LogP contribution in [0.1, 0.15) is 31.5 Å². The van der Waals surface area contributed by atoms with Gasteiger partial charge in [0.1, 0.15) is 0 Å². The molecule has 1 aromatic carbocycles. The number of aromatic nitrogens is 2. The molecule has 0 aliphatic carbocycles. The van der Waals surface area contributed by atoms with Gasteiger partial charge in [-0.3, -0.25) is 4.90 Å². The van der Waals surface area contributed by atoms with E-state index in [4.69, 9.17) is 16.0 Å². The van der Waals surface area contributed by atoms with Crippen LogP contribution in [0.4, 0.5) is 10.5 Å². The third-order valence-corrected chi connectivity index (χ3v) is 4.31. The zero-order valence-corrected chi connectivity index (χ0v) is 15.2. The van der Waals surface area contributed by atoms with Crippen molar-refractivity contribution in [1.82, 2.24) is 20.0 Å². The fraction of sp³-hybridized carbons (Fsp3) is 0.471. The molecule has 1 aliphatic rings. The van der Waals surface area contributed by atoms with Crippen molar-refractivity contribution in [3.05, 3.63) is 41.1 Å². The minimum Gasteiger partial charge on any atom is -0.424 e. The van der Waals surface area contributed by atoms with Crippen molar-refractivity contribution in [2.45, 2.75) is 26.3 Å². The Hall–Kier alpha value is -2.12. The van der Waals surface area contributed by atoms with Gasteiger partial charge in [-0.05, 0) is 18.2 Å². The van der Waals surface area contributed by atoms with Crippen LogP contribution in [0, 0.1) is 0 Å². The highest BCUT2D eigenvalue weighted by Crippen LogP contribution is 2.17. The quantitative estimate of drug-likeness (QED) is 0.902. The molecule has 134 valence electrons. The first-order valence-electron chi connectivity index (χ1n) is 8.37. The first-order valence-corrected chi connectivity index (χ1v) is 8.75. The number of benzene rings is 1. The number of urea groups is 1. The van der Waals surface area contributed by atoms with Crippen LogP contribution in [0.3, 0.4) is 0 Å². The predicted molar refractivity (Wildman–Crippen MR) is 95.7 cm³/mol. The average molecular weight is 364 g/mol. The largest absolute Gasteiger partial charge is 0.424 e. The highest BCUT2D eigenvalue weighted by atomic mass is 35.5. The molecule has 1 fully saturated rings. The number of hydrogen-bond acceptors (Lipinski definition) is 5. The van der Waals surface area contributed by atoms with Gasteiger partial charge in [0.15, 0.2) is 0 Å². The van der Waals surface area contributed by atoms with E-state index in [1.54, 1.807) is 17.0 Å². The van der Waals surface area contributed by atoms with E-state index in [1.165, 1.54) is 0 Å². The summed E-state index contributed by atoms with van der Waals surface area (Å²) in [5, 5.41) is 11.6. The van der Waals surface area contributed by atoms with Gasteiger partial charge in [0, 0.05) is 42.8 Å². The normalized spacial score (nSPS) is 15.6. The van der Waals surface area contributed by atoms with Gasteiger partial charge in [0.25, 0.3) is 0 Å². The number of hydrogen-bond donors (Lipinski definition) is 1.